The van der Waals surface area contributed by atoms with Crippen LogP contribution in [-0.4, -0.2) is 24.6 Å². The average molecular weight is 429 g/mol. The molecular formula is C27H40O4. The second-order valence-corrected chi connectivity index (χ2v) is 12.1. The molecule has 2 fully saturated rings. The van der Waals surface area contributed by atoms with Crippen molar-refractivity contribution in [2.24, 2.45) is 40.4 Å². The first-order chi connectivity index (χ1) is 14.4. The second-order valence-electron chi connectivity index (χ2n) is 12.1. The van der Waals surface area contributed by atoms with Gasteiger partial charge in [-0.3, -0.25) is 4.79 Å². The third kappa shape index (κ3) is 3.58. The molecule has 4 heteroatoms. The minimum absolute atomic E-state index is 0.00569. The summed E-state index contributed by atoms with van der Waals surface area (Å²) in [6, 6.07) is 0. The number of carbonyl (C=O) groups excluding carboxylic acids is 2. The predicted octanol–water partition coefficient (Wildman–Crippen LogP) is 5.86. The van der Waals surface area contributed by atoms with Crippen LogP contribution in [0.3, 0.4) is 0 Å². The van der Waals surface area contributed by atoms with Crippen LogP contribution in [0.15, 0.2) is 23.3 Å². The van der Waals surface area contributed by atoms with E-state index in [4.69, 9.17) is 9.47 Å². The highest BCUT2D eigenvalue weighted by Crippen LogP contribution is 2.66. The zero-order chi connectivity index (χ0) is 22.8. The molecular weight excluding hydrogens is 388 g/mol. The minimum Gasteiger partial charge on any atom is -0.466 e. The first kappa shape index (κ1) is 22.6. The molecule has 2 saturated carbocycles. The molecule has 31 heavy (non-hydrogen) atoms. The van der Waals surface area contributed by atoms with Crippen molar-refractivity contribution >= 4 is 11.9 Å². The number of methoxy groups -OCH3 is 1. The molecule has 0 heterocycles. The first-order valence-corrected chi connectivity index (χ1v) is 12.1. The minimum atomic E-state index is -0.430. The number of esters is 2. The van der Waals surface area contributed by atoms with Gasteiger partial charge in [0.15, 0.2) is 0 Å². The highest BCUT2D eigenvalue weighted by molar-refractivity contribution is 5.90. The molecule has 0 saturated heterocycles. The van der Waals surface area contributed by atoms with Gasteiger partial charge in [0.25, 0.3) is 0 Å². The maximum Gasteiger partial charge on any atom is 0.334 e. The van der Waals surface area contributed by atoms with E-state index in [0.717, 1.165) is 44.1 Å². The van der Waals surface area contributed by atoms with Crippen LogP contribution in [0.25, 0.3) is 0 Å². The lowest BCUT2D eigenvalue weighted by molar-refractivity contribution is -0.166. The van der Waals surface area contributed by atoms with Gasteiger partial charge in [0.2, 0.25) is 0 Å². The van der Waals surface area contributed by atoms with E-state index >= 15 is 0 Å². The summed E-state index contributed by atoms with van der Waals surface area (Å²) in [6.07, 6.45) is 10.9. The normalized spacial score (nSPS) is 41.8. The van der Waals surface area contributed by atoms with Crippen LogP contribution in [0.5, 0.6) is 0 Å². The Morgan fingerprint density at radius 2 is 1.81 bits per heavy atom. The van der Waals surface area contributed by atoms with Crippen molar-refractivity contribution in [3.05, 3.63) is 23.3 Å². The third-order valence-corrected chi connectivity index (χ3v) is 9.21. The van der Waals surface area contributed by atoms with Crippen molar-refractivity contribution in [2.75, 3.05) is 7.11 Å². The summed E-state index contributed by atoms with van der Waals surface area (Å²) < 4.78 is 10.9. The number of ether oxygens (including phenoxy) is 2. The Labute approximate surface area is 187 Å². The lowest BCUT2D eigenvalue weighted by Crippen LogP contribution is -2.51. The summed E-state index contributed by atoms with van der Waals surface area (Å²) >= 11 is 0. The molecule has 0 aliphatic heterocycles. The molecule has 0 spiro atoms. The molecule has 4 aliphatic rings. The van der Waals surface area contributed by atoms with E-state index in [1.54, 1.807) is 0 Å². The summed E-state index contributed by atoms with van der Waals surface area (Å²) in [7, 11) is 1.47. The van der Waals surface area contributed by atoms with Gasteiger partial charge in [0.1, 0.15) is 5.60 Å². The topological polar surface area (TPSA) is 52.6 Å². The Morgan fingerprint density at radius 1 is 1.10 bits per heavy atom. The zero-order valence-electron chi connectivity index (χ0n) is 20.4. The van der Waals surface area contributed by atoms with Gasteiger partial charge in [0, 0.05) is 5.57 Å². The number of allylic oxidation sites excluding steroid dienone is 3. The van der Waals surface area contributed by atoms with Gasteiger partial charge in [0.05, 0.1) is 13.0 Å². The summed E-state index contributed by atoms with van der Waals surface area (Å²) in [5.74, 6) is 1.84. The quantitative estimate of drug-likeness (QED) is 0.517. The monoisotopic (exact) mass is 428 g/mol. The number of rotatable bonds is 2. The lowest BCUT2D eigenvalue weighted by Gasteiger charge is -2.57. The van der Waals surface area contributed by atoms with E-state index in [0.29, 0.717) is 17.8 Å². The number of hydrogen-bond donors (Lipinski definition) is 0. The zero-order valence-corrected chi connectivity index (χ0v) is 20.4. The van der Waals surface area contributed by atoms with Crippen LogP contribution in [0, 0.1) is 40.4 Å². The third-order valence-electron chi connectivity index (χ3n) is 9.21. The highest BCUT2D eigenvalue weighted by Gasteiger charge is 2.60. The molecule has 4 rings (SSSR count). The van der Waals surface area contributed by atoms with Crippen LogP contribution in [0.1, 0.15) is 80.1 Å². The fraction of sp³-hybridized carbons (Fsp3) is 0.778. The van der Waals surface area contributed by atoms with Crippen molar-refractivity contribution in [2.45, 2.75) is 85.7 Å². The van der Waals surface area contributed by atoms with Gasteiger partial charge >= 0.3 is 11.9 Å². The van der Waals surface area contributed by atoms with Crippen LogP contribution in [0.4, 0.5) is 0 Å². The molecule has 172 valence electrons. The highest BCUT2D eigenvalue weighted by atomic mass is 16.6. The van der Waals surface area contributed by atoms with Crippen molar-refractivity contribution < 1.29 is 19.1 Å². The van der Waals surface area contributed by atoms with Gasteiger partial charge < -0.3 is 9.47 Å². The Morgan fingerprint density at radius 3 is 2.45 bits per heavy atom. The Balaban J connectivity index is 1.61. The molecule has 7 atom stereocenters. The van der Waals surface area contributed by atoms with Crippen molar-refractivity contribution in [3.63, 3.8) is 0 Å². The largest absolute Gasteiger partial charge is 0.466 e. The number of carbonyl (C=O) groups is 2. The van der Waals surface area contributed by atoms with E-state index in [1.807, 2.05) is 20.8 Å². The Hall–Kier alpha value is -1.58. The van der Waals surface area contributed by atoms with Crippen LogP contribution in [0.2, 0.25) is 0 Å². The van der Waals surface area contributed by atoms with Crippen LogP contribution >= 0.6 is 0 Å². The standard InChI is InChI=1S/C27H40O4/c1-16-15-27(6)17(14-19(16)23(28)30-7)8-9-18-20-10-11-22(24(29)31-25(2,3)4)26(20,5)13-12-21(18)27/h8,14,16,18,20-22H,9-13,15H2,1-7H3/t16-,18+,20+,21+,22-,26+,27+/m1/s1. The first-order valence-electron chi connectivity index (χ1n) is 12.1. The molecule has 0 amide bonds. The maximum atomic E-state index is 13.1. The molecule has 0 radical (unpaired) electrons. The van der Waals surface area contributed by atoms with Crippen molar-refractivity contribution in [3.8, 4) is 0 Å². The summed E-state index contributed by atoms with van der Waals surface area (Å²) in [5.41, 5.74) is 1.86. The lowest BCUT2D eigenvalue weighted by atomic mass is 9.47. The smallest absolute Gasteiger partial charge is 0.334 e. The molecule has 0 bridgehead atoms. The SMILES string of the molecule is COC(=O)C1=CC2=CC[C@H]3[C@@H]4CC[C@H](C(=O)OC(C)(C)C)[C@@]4(C)CC[C@@H]3[C@@]2(C)C[C@H]1C. The molecule has 4 nitrogen and oxygen atoms in total. The summed E-state index contributed by atoms with van der Waals surface area (Å²) in [6.45, 7) is 12.8. The van der Waals surface area contributed by atoms with Crippen LogP contribution in [-0.2, 0) is 19.1 Å². The Bertz CT molecular complexity index is 831. The maximum absolute atomic E-state index is 13.1. The van der Waals surface area contributed by atoms with Crippen molar-refractivity contribution in [1.29, 1.82) is 0 Å². The molecule has 0 aromatic rings. The van der Waals surface area contributed by atoms with E-state index in [2.05, 4.69) is 32.9 Å². The van der Waals surface area contributed by atoms with Crippen LogP contribution < -0.4 is 0 Å². The Kier molecular flexibility index (Phi) is 5.46. The van der Waals surface area contributed by atoms with E-state index in [1.165, 1.54) is 12.7 Å². The predicted molar refractivity (Wildman–Crippen MR) is 121 cm³/mol. The molecule has 4 aliphatic carbocycles. The number of fused-ring (bicyclic) bond motifs is 5. The van der Waals surface area contributed by atoms with Gasteiger partial charge in [-0.05, 0) is 105 Å². The van der Waals surface area contributed by atoms with E-state index < -0.39 is 5.60 Å². The average Bonchev–Trinajstić information content (AvgIpc) is 3.02. The second kappa shape index (κ2) is 7.49. The van der Waals surface area contributed by atoms with Gasteiger partial charge in [-0.15, -0.1) is 0 Å². The summed E-state index contributed by atoms with van der Waals surface area (Å²) in [4.78, 5) is 25.3. The van der Waals surface area contributed by atoms with E-state index in [-0.39, 0.29) is 34.6 Å². The molecule has 0 aromatic carbocycles. The molecule has 0 aromatic heterocycles. The van der Waals surface area contributed by atoms with E-state index in [9.17, 15) is 9.59 Å². The number of hydrogen-bond acceptors (Lipinski definition) is 4. The fourth-order valence-electron chi connectivity index (χ4n) is 7.80. The van der Waals surface area contributed by atoms with Gasteiger partial charge in [-0.25, -0.2) is 4.79 Å². The summed E-state index contributed by atoms with van der Waals surface area (Å²) in [5, 5.41) is 0. The molecule has 0 unspecified atom stereocenters. The van der Waals surface area contributed by atoms with Crippen molar-refractivity contribution in [1.82, 2.24) is 0 Å². The molecule has 0 N–H and O–H groups in total. The van der Waals surface area contributed by atoms with Gasteiger partial charge in [-0.1, -0.05) is 26.8 Å². The van der Waals surface area contributed by atoms with Gasteiger partial charge in [-0.2, -0.15) is 0 Å². The fourth-order valence-corrected chi connectivity index (χ4v) is 7.80.